The Morgan fingerprint density at radius 2 is 1.79 bits per heavy atom. The predicted octanol–water partition coefficient (Wildman–Crippen LogP) is 3.16. The molecule has 0 saturated heterocycles. The van der Waals surface area contributed by atoms with E-state index in [2.05, 4.69) is 0 Å². The molecule has 0 aliphatic heterocycles. The van der Waals surface area contributed by atoms with Crippen molar-refractivity contribution in [2.75, 3.05) is 11.9 Å². The zero-order valence-corrected chi connectivity index (χ0v) is 10.5. The number of nitrogens with zero attached hydrogens (tertiary/aromatic N) is 1. The van der Waals surface area contributed by atoms with Crippen LogP contribution in [0.25, 0.3) is 0 Å². The molecule has 2 rings (SSSR count). The maximum absolute atomic E-state index is 13.6. The molecule has 0 heterocycles. The van der Waals surface area contributed by atoms with E-state index in [1.165, 1.54) is 6.07 Å². The van der Waals surface area contributed by atoms with Gasteiger partial charge >= 0.3 is 5.97 Å². The molecule has 3 nitrogen and oxygen atoms in total. The van der Waals surface area contributed by atoms with Gasteiger partial charge in [-0.05, 0) is 23.8 Å². The van der Waals surface area contributed by atoms with Crippen molar-refractivity contribution in [3.05, 3.63) is 65.5 Å². The van der Waals surface area contributed by atoms with Crippen LogP contribution >= 0.6 is 0 Å². The number of halogens is 1. The Kier molecular flexibility index (Phi) is 3.80. The summed E-state index contributed by atoms with van der Waals surface area (Å²) in [5.74, 6) is -1.30. The largest absolute Gasteiger partial charge is 0.478 e. The number of carboxylic acids is 1. The fourth-order valence-corrected chi connectivity index (χ4v) is 1.97. The summed E-state index contributed by atoms with van der Waals surface area (Å²) in [6, 6.07) is 13.2. The molecular weight excluding hydrogens is 245 g/mol. The standard InChI is InChI=1S/C15H14FNO2/c1-17(14-9-5-4-8-13(14)16)10-11-6-2-3-7-12(11)15(18)19/h2-9H,10H2,1H3,(H,18,19). The van der Waals surface area contributed by atoms with Gasteiger partial charge in [0, 0.05) is 13.6 Å². The second kappa shape index (κ2) is 5.52. The van der Waals surface area contributed by atoms with Crippen LogP contribution in [0.15, 0.2) is 48.5 Å². The van der Waals surface area contributed by atoms with Gasteiger partial charge < -0.3 is 10.0 Å². The van der Waals surface area contributed by atoms with E-state index in [1.807, 2.05) is 0 Å². The molecule has 98 valence electrons. The van der Waals surface area contributed by atoms with E-state index in [9.17, 15) is 9.18 Å². The molecule has 0 radical (unpaired) electrons. The summed E-state index contributed by atoms with van der Waals surface area (Å²) >= 11 is 0. The molecule has 0 aromatic heterocycles. The first-order chi connectivity index (χ1) is 9.09. The minimum absolute atomic E-state index is 0.241. The lowest BCUT2D eigenvalue weighted by Gasteiger charge is -2.20. The van der Waals surface area contributed by atoms with Crippen LogP contribution in [0.3, 0.4) is 0 Å². The minimum atomic E-state index is -0.975. The molecule has 0 fully saturated rings. The highest BCUT2D eigenvalue weighted by molar-refractivity contribution is 5.89. The SMILES string of the molecule is CN(Cc1ccccc1C(=O)O)c1ccccc1F. The van der Waals surface area contributed by atoms with Crippen LogP contribution in [-0.2, 0) is 6.54 Å². The summed E-state index contributed by atoms with van der Waals surface area (Å²) in [6.45, 7) is 0.337. The van der Waals surface area contributed by atoms with Gasteiger partial charge in [-0.1, -0.05) is 30.3 Å². The van der Waals surface area contributed by atoms with Gasteiger partial charge in [-0.2, -0.15) is 0 Å². The molecule has 0 bridgehead atoms. The van der Waals surface area contributed by atoms with Crippen molar-refractivity contribution in [1.29, 1.82) is 0 Å². The number of carbonyl (C=O) groups is 1. The van der Waals surface area contributed by atoms with Gasteiger partial charge in [0.2, 0.25) is 0 Å². The van der Waals surface area contributed by atoms with Gasteiger partial charge in [-0.25, -0.2) is 9.18 Å². The average molecular weight is 259 g/mol. The van der Waals surface area contributed by atoms with Crippen LogP contribution in [0, 0.1) is 5.82 Å². The van der Waals surface area contributed by atoms with Crippen molar-refractivity contribution in [2.24, 2.45) is 0 Å². The second-order valence-electron chi connectivity index (χ2n) is 4.27. The number of rotatable bonds is 4. The lowest BCUT2D eigenvalue weighted by molar-refractivity contribution is 0.0695. The first-order valence-corrected chi connectivity index (χ1v) is 5.86. The van der Waals surface area contributed by atoms with Gasteiger partial charge in [0.25, 0.3) is 0 Å². The molecule has 2 aromatic rings. The van der Waals surface area contributed by atoms with Crippen molar-refractivity contribution >= 4 is 11.7 Å². The van der Waals surface area contributed by atoms with Crippen molar-refractivity contribution in [3.63, 3.8) is 0 Å². The third-order valence-corrected chi connectivity index (χ3v) is 2.92. The van der Waals surface area contributed by atoms with Crippen molar-refractivity contribution in [2.45, 2.75) is 6.54 Å². The Bertz CT molecular complexity index is 598. The number of carboxylic acid groups (broad SMARTS) is 1. The Labute approximate surface area is 110 Å². The van der Waals surface area contributed by atoms with E-state index >= 15 is 0 Å². The molecule has 0 saturated carbocycles. The van der Waals surface area contributed by atoms with Gasteiger partial charge in [-0.15, -0.1) is 0 Å². The maximum Gasteiger partial charge on any atom is 0.336 e. The van der Waals surface area contributed by atoms with Crippen LogP contribution in [-0.4, -0.2) is 18.1 Å². The normalized spacial score (nSPS) is 10.2. The van der Waals surface area contributed by atoms with Crippen LogP contribution in [0.4, 0.5) is 10.1 Å². The zero-order chi connectivity index (χ0) is 13.8. The van der Waals surface area contributed by atoms with E-state index in [4.69, 9.17) is 5.11 Å². The molecule has 0 aliphatic rings. The van der Waals surface area contributed by atoms with E-state index in [0.29, 0.717) is 17.8 Å². The molecule has 19 heavy (non-hydrogen) atoms. The smallest absolute Gasteiger partial charge is 0.336 e. The molecule has 0 amide bonds. The number of benzene rings is 2. The predicted molar refractivity (Wildman–Crippen MR) is 71.9 cm³/mol. The highest BCUT2D eigenvalue weighted by Crippen LogP contribution is 2.20. The number of hydrogen-bond donors (Lipinski definition) is 1. The lowest BCUT2D eigenvalue weighted by Crippen LogP contribution is -2.19. The topological polar surface area (TPSA) is 40.5 Å². The molecule has 0 atom stereocenters. The van der Waals surface area contributed by atoms with Gasteiger partial charge in [0.15, 0.2) is 0 Å². The van der Waals surface area contributed by atoms with Crippen LogP contribution < -0.4 is 4.90 Å². The summed E-state index contributed by atoms with van der Waals surface area (Å²) in [5, 5.41) is 9.11. The van der Waals surface area contributed by atoms with E-state index in [0.717, 1.165) is 0 Å². The highest BCUT2D eigenvalue weighted by atomic mass is 19.1. The molecule has 1 N–H and O–H groups in total. The first-order valence-electron chi connectivity index (χ1n) is 5.86. The van der Waals surface area contributed by atoms with Gasteiger partial charge in [-0.3, -0.25) is 0 Å². The quantitative estimate of drug-likeness (QED) is 0.916. The maximum atomic E-state index is 13.6. The Morgan fingerprint density at radius 1 is 1.16 bits per heavy atom. The summed E-state index contributed by atoms with van der Waals surface area (Å²) in [7, 11) is 1.73. The fourth-order valence-electron chi connectivity index (χ4n) is 1.97. The third-order valence-electron chi connectivity index (χ3n) is 2.92. The number of para-hydroxylation sites is 1. The highest BCUT2D eigenvalue weighted by Gasteiger charge is 2.12. The zero-order valence-electron chi connectivity index (χ0n) is 10.5. The Hall–Kier alpha value is -2.36. The Morgan fingerprint density at radius 3 is 2.47 bits per heavy atom. The third kappa shape index (κ3) is 2.91. The van der Waals surface area contributed by atoms with Crippen molar-refractivity contribution in [3.8, 4) is 0 Å². The Balaban J connectivity index is 2.27. The monoisotopic (exact) mass is 259 g/mol. The van der Waals surface area contributed by atoms with Gasteiger partial charge in [0.1, 0.15) is 5.82 Å². The van der Waals surface area contributed by atoms with Crippen LogP contribution in [0.5, 0.6) is 0 Å². The molecule has 0 aliphatic carbocycles. The summed E-state index contributed by atoms with van der Waals surface area (Å²) in [6.07, 6.45) is 0. The van der Waals surface area contributed by atoms with Crippen molar-refractivity contribution in [1.82, 2.24) is 0 Å². The molecular formula is C15H14FNO2. The second-order valence-corrected chi connectivity index (χ2v) is 4.27. The first kappa shape index (κ1) is 13.1. The number of aromatic carboxylic acids is 1. The molecule has 2 aromatic carbocycles. The van der Waals surface area contributed by atoms with Crippen molar-refractivity contribution < 1.29 is 14.3 Å². The lowest BCUT2D eigenvalue weighted by atomic mass is 10.1. The molecule has 4 heteroatoms. The molecule has 0 spiro atoms. The van der Waals surface area contributed by atoms with Crippen LogP contribution in [0.2, 0.25) is 0 Å². The minimum Gasteiger partial charge on any atom is -0.478 e. The van der Waals surface area contributed by atoms with Crippen LogP contribution in [0.1, 0.15) is 15.9 Å². The fraction of sp³-hybridized carbons (Fsp3) is 0.133. The van der Waals surface area contributed by atoms with E-state index < -0.39 is 5.97 Å². The van der Waals surface area contributed by atoms with Gasteiger partial charge in [0.05, 0.1) is 11.3 Å². The number of anilines is 1. The molecule has 0 unspecified atom stereocenters. The number of hydrogen-bond acceptors (Lipinski definition) is 2. The summed E-state index contributed by atoms with van der Waals surface area (Å²) in [4.78, 5) is 12.8. The summed E-state index contributed by atoms with van der Waals surface area (Å²) in [5.41, 5.74) is 1.34. The van der Waals surface area contributed by atoms with E-state index in [1.54, 1.807) is 54.4 Å². The average Bonchev–Trinajstić information content (AvgIpc) is 2.39. The summed E-state index contributed by atoms with van der Waals surface area (Å²) < 4.78 is 13.6. The van der Waals surface area contributed by atoms with E-state index in [-0.39, 0.29) is 11.4 Å².